The van der Waals surface area contributed by atoms with Gasteiger partial charge in [-0.05, 0) is 23.8 Å². The van der Waals surface area contributed by atoms with E-state index in [-0.39, 0.29) is 18.4 Å². The Balaban J connectivity index is 0.00000112. The lowest BCUT2D eigenvalue weighted by Crippen LogP contribution is -2.34. The molecule has 0 radical (unpaired) electrons. The maximum atomic E-state index is 5.97. The summed E-state index contributed by atoms with van der Waals surface area (Å²) in [5.74, 6) is 0. The second kappa shape index (κ2) is 6.06. The highest BCUT2D eigenvalue weighted by Crippen LogP contribution is 2.24. The standard InChI is InChI=1S/C10H11BrClNO.ClH/c11-8-3-7(4-9(12)5-8)10-6-14-2-1-13-10;/h3-5,10,13H,1-2,6H2;1H/t10-;/m0./s1. The van der Waals surface area contributed by atoms with Gasteiger partial charge in [-0.1, -0.05) is 27.5 Å². The number of ether oxygens (including phenoxy) is 1. The molecule has 5 heteroatoms. The molecule has 0 unspecified atom stereocenters. The zero-order valence-corrected chi connectivity index (χ0v) is 11.2. The summed E-state index contributed by atoms with van der Waals surface area (Å²) in [6.45, 7) is 2.40. The monoisotopic (exact) mass is 311 g/mol. The van der Waals surface area contributed by atoms with Crippen LogP contribution in [0.2, 0.25) is 5.02 Å². The van der Waals surface area contributed by atoms with Gasteiger partial charge in [-0.25, -0.2) is 0 Å². The summed E-state index contributed by atoms with van der Waals surface area (Å²) in [5.41, 5.74) is 1.17. The fourth-order valence-electron chi connectivity index (χ4n) is 1.56. The minimum atomic E-state index is 0. The van der Waals surface area contributed by atoms with Gasteiger partial charge in [0.2, 0.25) is 0 Å². The van der Waals surface area contributed by atoms with E-state index in [9.17, 15) is 0 Å². The number of morpholine rings is 1. The molecule has 0 spiro atoms. The first kappa shape index (κ1) is 13.3. The van der Waals surface area contributed by atoms with Crippen molar-refractivity contribution in [3.8, 4) is 0 Å². The van der Waals surface area contributed by atoms with Gasteiger partial charge >= 0.3 is 0 Å². The first-order chi connectivity index (χ1) is 6.75. The Hall–Kier alpha value is 0.200. The number of rotatable bonds is 1. The second-order valence-corrected chi connectivity index (χ2v) is 4.64. The highest BCUT2D eigenvalue weighted by Gasteiger charge is 2.15. The third-order valence-corrected chi connectivity index (χ3v) is 2.88. The molecule has 1 aliphatic rings. The third kappa shape index (κ3) is 3.61. The molecule has 0 bridgehead atoms. The Morgan fingerprint density at radius 1 is 1.40 bits per heavy atom. The van der Waals surface area contributed by atoms with Crippen LogP contribution in [-0.4, -0.2) is 19.8 Å². The van der Waals surface area contributed by atoms with Crippen molar-refractivity contribution in [3.63, 3.8) is 0 Å². The van der Waals surface area contributed by atoms with Crippen molar-refractivity contribution < 1.29 is 4.74 Å². The predicted molar refractivity (Wildman–Crippen MR) is 68.0 cm³/mol. The van der Waals surface area contributed by atoms with E-state index in [2.05, 4.69) is 27.3 Å². The van der Waals surface area contributed by atoms with Gasteiger partial charge in [0.15, 0.2) is 0 Å². The quantitative estimate of drug-likeness (QED) is 0.860. The van der Waals surface area contributed by atoms with Gasteiger partial charge in [0, 0.05) is 16.0 Å². The molecular weight excluding hydrogens is 301 g/mol. The van der Waals surface area contributed by atoms with Crippen LogP contribution in [0.25, 0.3) is 0 Å². The molecule has 84 valence electrons. The molecule has 1 atom stereocenters. The van der Waals surface area contributed by atoms with Gasteiger partial charge in [-0.15, -0.1) is 12.4 Å². The van der Waals surface area contributed by atoms with E-state index in [0.717, 1.165) is 22.6 Å². The molecule has 0 aliphatic carbocycles. The molecule has 1 aliphatic heterocycles. The van der Waals surface area contributed by atoms with Crippen molar-refractivity contribution in [1.82, 2.24) is 5.32 Å². The molecule has 0 saturated carbocycles. The van der Waals surface area contributed by atoms with Crippen LogP contribution >= 0.6 is 39.9 Å². The summed E-state index contributed by atoms with van der Waals surface area (Å²) in [4.78, 5) is 0. The molecular formula is C10H12BrCl2NO. The molecule has 1 aromatic carbocycles. The van der Waals surface area contributed by atoms with Crippen molar-refractivity contribution in [2.45, 2.75) is 6.04 Å². The average Bonchev–Trinajstić information content (AvgIpc) is 2.18. The summed E-state index contributed by atoms with van der Waals surface area (Å²) >= 11 is 9.40. The first-order valence-corrected chi connectivity index (χ1v) is 5.70. The topological polar surface area (TPSA) is 21.3 Å². The lowest BCUT2D eigenvalue weighted by Gasteiger charge is -2.24. The van der Waals surface area contributed by atoms with Gasteiger partial charge in [0.1, 0.15) is 0 Å². The van der Waals surface area contributed by atoms with Gasteiger partial charge in [-0.2, -0.15) is 0 Å². The summed E-state index contributed by atoms with van der Waals surface area (Å²) in [6.07, 6.45) is 0. The van der Waals surface area contributed by atoms with Gasteiger partial charge in [0.05, 0.1) is 19.3 Å². The minimum Gasteiger partial charge on any atom is -0.378 e. The normalized spacial score (nSPS) is 20.8. The van der Waals surface area contributed by atoms with E-state index < -0.39 is 0 Å². The SMILES string of the molecule is Cl.Clc1cc(Br)cc([C@@H]2COCCN2)c1. The fraction of sp³-hybridized carbons (Fsp3) is 0.400. The van der Waals surface area contributed by atoms with Crippen LogP contribution in [0, 0.1) is 0 Å². The molecule has 1 fully saturated rings. The molecule has 1 aromatic rings. The Morgan fingerprint density at radius 2 is 2.20 bits per heavy atom. The van der Waals surface area contributed by atoms with Crippen molar-refractivity contribution in [2.24, 2.45) is 0 Å². The van der Waals surface area contributed by atoms with Crippen molar-refractivity contribution in [2.75, 3.05) is 19.8 Å². The summed E-state index contributed by atoms with van der Waals surface area (Å²) < 4.78 is 6.40. The third-order valence-electron chi connectivity index (χ3n) is 2.21. The number of hydrogen-bond acceptors (Lipinski definition) is 2. The molecule has 1 saturated heterocycles. The van der Waals surface area contributed by atoms with E-state index in [1.54, 1.807) is 0 Å². The van der Waals surface area contributed by atoms with Crippen LogP contribution < -0.4 is 5.32 Å². The minimum absolute atomic E-state index is 0. The molecule has 0 amide bonds. The van der Waals surface area contributed by atoms with E-state index >= 15 is 0 Å². The summed E-state index contributed by atoms with van der Waals surface area (Å²) in [5, 5.41) is 4.14. The summed E-state index contributed by atoms with van der Waals surface area (Å²) in [7, 11) is 0. The van der Waals surface area contributed by atoms with E-state index in [4.69, 9.17) is 16.3 Å². The largest absolute Gasteiger partial charge is 0.378 e. The second-order valence-electron chi connectivity index (χ2n) is 3.28. The van der Waals surface area contributed by atoms with Gasteiger partial charge in [0.25, 0.3) is 0 Å². The molecule has 2 nitrogen and oxygen atoms in total. The lowest BCUT2D eigenvalue weighted by atomic mass is 10.1. The van der Waals surface area contributed by atoms with Crippen LogP contribution in [0.1, 0.15) is 11.6 Å². The Labute approximate surface area is 109 Å². The van der Waals surface area contributed by atoms with E-state index in [1.807, 2.05) is 12.1 Å². The average molecular weight is 313 g/mol. The van der Waals surface area contributed by atoms with Crippen molar-refractivity contribution >= 4 is 39.9 Å². The summed E-state index contributed by atoms with van der Waals surface area (Å²) in [6, 6.07) is 6.18. The van der Waals surface area contributed by atoms with E-state index in [1.165, 1.54) is 5.56 Å². The van der Waals surface area contributed by atoms with Crippen LogP contribution in [0.3, 0.4) is 0 Å². The van der Waals surface area contributed by atoms with E-state index in [0.29, 0.717) is 6.61 Å². The molecule has 2 rings (SSSR count). The van der Waals surface area contributed by atoms with Crippen molar-refractivity contribution in [3.05, 3.63) is 33.3 Å². The smallest absolute Gasteiger partial charge is 0.0662 e. The Morgan fingerprint density at radius 3 is 2.80 bits per heavy atom. The Kier molecular flexibility index (Phi) is 5.36. The first-order valence-electron chi connectivity index (χ1n) is 4.53. The zero-order chi connectivity index (χ0) is 9.97. The maximum Gasteiger partial charge on any atom is 0.0662 e. The van der Waals surface area contributed by atoms with Crippen molar-refractivity contribution in [1.29, 1.82) is 0 Å². The highest BCUT2D eigenvalue weighted by molar-refractivity contribution is 9.10. The Bertz CT molecular complexity index is 309. The number of benzene rings is 1. The molecule has 1 N–H and O–H groups in total. The number of halogens is 3. The van der Waals surface area contributed by atoms with Crippen LogP contribution in [0.15, 0.2) is 22.7 Å². The molecule has 1 heterocycles. The fourth-order valence-corrected chi connectivity index (χ4v) is 2.44. The van der Waals surface area contributed by atoms with Crippen LogP contribution in [0.5, 0.6) is 0 Å². The van der Waals surface area contributed by atoms with Crippen LogP contribution in [-0.2, 0) is 4.74 Å². The molecule has 15 heavy (non-hydrogen) atoms. The number of nitrogens with one attached hydrogen (secondary N) is 1. The maximum absolute atomic E-state index is 5.97. The van der Waals surface area contributed by atoms with Gasteiger partial charge < -0.3 is 10.1 Å². The highest BCUT2D eigenvalue weighted by atomic mass is 79.9. The molecule has 0 aromatic heterocycles. The van der Waals surface area contributed by atoms with Crippen LogP contribution in [0.4, 0.5) is 0 Å². The zero-order valence-electron chi connectivity index (χ0n) is 8.00. The lowest BCUT2D eigenvalue weighted by molar-refractivity contribution is 0.0769. The number of hydrogen-bond donors (Lipinski definition) is 1. The van der Waals surface area contributed by atoms with Gasteiger partial charge in [-0.3, -0.25) is 0 Å². The predicted octanol–water partition coefficient (Wildman–Crippen LogP) is 3.19.